The summed E-state index contributed by atoms with van der Waals surface area (Å²) in [7, 11) is 0. The molecule has 2 rings (SSSR count). The maximum Gasteiger partial charge on any atom is 0.267 e. The first-order valence-corrected chi connectivity index (χ1v) is 6.80. The van der Waals surface area contributed by atoms with Crippen LogP contribution in [0.15, 0.2) is 35.7 Å². The van der Waals surface area contributed by atoms with Crippen LogP contribution in [-0.4, -0.2) is 5.91 Å². The van der Waals surface area contributed by atoms with Crippen LogP contribution in [0.1, 0.15) is 9.67 Å². The fraction of sp³-hybridized carbons (Fsp3) is 0. The zero-order valence-corrected chi connectivity index (χ0v) is 11.8. The highest BCUT2D eigenvalue weighted by Crippen LogP contribution is 2.23. The zero-order chi connectivity index (χ0) is 11.5. The first-order chi connectivity index (χ1) is 7.66. The molecule has 0 radical (unpaired) electrons. The predicted molar refractivity (Wildman–Crippen MR) is 76.4 cm³/mol. The second kappa shape index (κ2) is 5.16. The Morgan fingerprint density at radius 2 is 1.94 bits per heavy atom. The molecule has 5 heteroatoms. The number of carbonyl (C=O) groups is 1. The Labute approximate surface area is 116 Å². The fourth-order valence-electron chi connectivity index (χ4n) is 1.18. The van der Waals surface area contributed by atoms with Gasteiger partial charge in [0.05, 0.1) is 5.02 Å². The highest BCUT2D eigenvalue weighted by atomic mass is 127. The van der Waals surface area contributed by atoms with Crippen LogP contribution in [-0.2, 0) is 0 Å². The lowest BCUT2D eigenvalue weighted by Gasteiger charge is -2.03. The van der Waals surface area contributed by atoms with Gasteiger partial charge in [0.25, 0.3) is 5.91 Å². The average molecular weight is 364 g/mol. The number of halogens is 2. The first kappa shape index (κ1) is 11.9. The Morgan fingerprint density at radius 3 is 2.50 bits per heavy atom. The van der Waals surface area contributed by atoms with Crippen LogP contribution in [0.25, 0.3) is 0 Å². The Bertz CT molecular complexity index is 509. The van der Waals surface area contributed by atoms with Crippen LogP contribution in [0, 0.1) is 3.57 Å². The summed E-state index contributed by atoms with van der Waals surface area (Å²) in [4.78, 5) is 12.3. The molecule has 0 atom stereocenters. The van der Waals surface area contributed by atoms with Gasteiger partial charge in [-0.3, -0.25) is 4.79 Å². The number of anilines is 1. The minimum absolute atomic E-state index is 0.166. The SMILES string of the molecule is O=C(Nc1ccc(I)cc1)c1sccc1Cl. The van der Waals surface area contributed by atoms with Gasteiger partial charge in [-0.2, -0.15) is 0 Å². The van der Waals surface area contributed by atoms with Crippen molar-refractivity contribution in [1.29, 1.82) is 0 Å². The highest BCUT2D eigenvalue weighted by molar-refractivity contribution is 14.1. The molecule has 1 heterocycles. The van der Waals surface area contributed by atoms with E-state index in [1.807, 2.05) is 24.3 Å². The quantitative estimate of drug-likeness (QED) is 0.794. The van der Waals surface area contributed by atoms with Gasteiger partial charge in [0, 0.05) is 9.26 Å². The summed E-state index contributed by atoms with van der Waals surface area (Å²) in [5.74, 6) is -0.166. The molecule has 0 unspecified atom stereocenters. The van der Waals surface area contributed by atoms with E-state index in [1.54, 1.807) is 11.4 Å². The molecule has 2 nitrogen and oxygen atoms in total. The molecule has 0 aliphatic heterocycles. The largest absolute Gasteiger partial charge is 0.321 e. The van der Waals surface area contributed by atoms with E-state index < -0.39 is 0 Å². The number of nitrogens with one attached hydrogen (secondary N) is 1. The molecule has 0 spiro atoms. The van der Waals surface area contributed by atoms with Crippen molar-refractivity contribution in [2.75, 3.05) is 5.32 Å². The van der Waals surface area contributed by atoms with E-state index in [2.05, 4.69) is 27.9 Å². The van der Waals surface area contributed by atoms with Gasteiger partial charge in [-0.1, -0.05) is 11.6 Å². The maximum atomic E-state index is 11.8. The molecular formula is C11H7ClINOS. The van der Waals surface area contributed by atoms with E-state index >= 15 is 0 Å². The van der Waals surface area contributed by atoms with Crippen molar-refractivity contribution in [2.24, 2.45) is 0 Å². The topological polar surface area (TPSA) is 29.1 Å². The van der Waals surface area contributed by atoms with E-state index in [0.717, 1.165) is 9.26 Å². The normalized spacial score (nSPS) is 10.1. The smallest absolute Gasteiger partial charge is 0.267 e. The standard InChI is InChI=1S/C11H7ClINOS/c12-9-5-6-16-10(9)11(15)14-8-3-1-7(13)2-4-8/h1-6H,(H,14,15). The monoisotopic (exact) mass is 363 g/mol. The number of hydrogen-bond donors (Lipinski definition) is 1. The summed E-state index contributed by atoms with van der Waals surface area (Å²) in [5.41, 5.74) is 0.773. The van der Waals surface area contributed by atoms with Crippen molar-refractivity contribution in [3.05, 3.63) is 49.2 Å². The van der Waals surface area contributed by atoms with Gasteiger partial charge in [0.15, 0.2) is 0 Å². The molecule has 2 aromatic rings. The minimum atomic E-state index is -0.166. The van der Waals surface area contributed by atoms with Gasteiger partial charge in [-0.15, -0.1) is 11.3 Å². The molecule has 82 valence electrons. The molecule has 16 heavy (non-hydrogen) atoms. The van der Waals surface area contributed by atoms with Gasteiger partial charge < -0.3 is 5.32 Å². The number of benzene rings is 1. The number of rotatable bonds is 2. The molecule has 0 saturated heterocycles. The van der Waals surface area contributed by atoms with Crippen LogP contribution in [0.2, 0.25) is 5.02 Å². The summed E-state index contributed by atoms with van der Waals surface area (Å²) < 4.78 is 1.13. The third kappa shape index (κ3) is 2.75. The van der Waals surface area contributed by atoms with Crippen LogP contribution in [0.5, 0.6) is 0 Å². The summed E-state index contributed by atoms with van der Waals surface area (Å²) in [6.45, 7) is 0. The molecule has 0 saturated carbocycles. The van der Waals surface area contributed by atoms with Crippen molar-refractivity contribution in [2.45, 2.75) is 0 Å². The summed E-state index contributed by atoms with van der Waals surface area (Å²) in [5, 5.41) is 5.09. The molecule has 1 aromatic heterocycles. The van der Waals surface area contributed by atoms with Gasteiger partial charge in [-0.25, -0.2) is 0 Å². The molecule has 0 aliphatic carbocycles. The lowest BCUT2D eigenvalue weighted by Crippen LogP contribution is -2.10. The molecular weight excluding hydrogens is 357 g/mol. The lowest BCUT2D eigenvalue weighted by atomic mass is 10.3. The van der Waals surface area contributed by atoms with Crippen LogP contribution in [0.4, 0.5) is 5.69 Å². The third-order valence-corrected chi connectivity index (χ3v) is 3.98. The van der Waals surface area contributed by atoms with Crippen LogP contribution in [0.3, 0.4) is 0 Å². The maximum absolute atomic E-state index is 11.8. The predicted octanol–water partition coefficient (Wildman–Crippen LogP) is 4.26. The molecule has 0 aliphatic rings. The molecule has 1 aromatic carbocycles. The Kier molecular flexibility index (Phi) is 3.83. The Balaban J connectivity index is 2.14. The van der Waals surface area contributed by atoms with Gasteiger partial charge in [0.1, 0.15) is 4.88 Å². The number of carbonyl (C=O) groups excluding carboxylic acids is 1. The average Bonchev–Trinajstić information content (AvgIpc) is 2.68. The minimum Gasteiger partial charge on any atom is -0.321 e. The van der Waals surface area contributed by atoms with Crippen LogP contribution < -0.4 is 5.32 Å². The second-order valence-corrected chi connectivity index (χ2v) is 5.63. The Morgan fingerprint density at radius 1 is 1.25 bits per heavy atom. The van der Waals surface area contributed by atoms with Gasteiger partial charge >= 0.3 is 0 Å². The third-order valence-electron chi connectivity index (χ3n) is 1.93. The van der Waals surface area contributed by atoms with E-state index in [0.29, 0.717) is 9.90 Å². The van der Waals surface area contributed by atoms with Crippen molar-refractivity contribution in [3.63, 3.8) is 0 Å². The van der Waals surface area contributed by atoms with Crippen molar-refractivity contribution >= 4 is 57.1 Å². The van der Waals surface area contributed by atoms with Gasteiger partial charge in [-0.05, 0) is 58.3 Å². The highest BCUT2D eigenvalue weighted by Gasteiger charge is 2.11. The van der Waals surface area contributed by atoms with Gasteiger partial charge in [0.2, 0.25) is 0 Å². The first-order valence-electron chi connectivity index (χ1n) is 4.47. The Hall–Kier alpha value is -0.590. The zero-order valence-electron chi connectivity index (χ0n) is 8.04. The van der Waals surface area contributed by atoms with E-state index in [9.17, 15) is 4.79 Å². The summed E-state index contributed by atoms with van der Waals surface area (Å²) in [6, 6.07) is 9.32. The molecule has 0 bridgehead atoms. The second-order valence-electron chi connectivity index (χ2n) is 3.06. The van der Waals surface area contributed by atoms with E-state index in [-0.39, 0.29) is 5.91 Å². The molecule has 1 N–H and O–H groups in total. The fourth-order valence-corrected chi connectivity index (χ4v) is 2.57. The van der Waals surface area contributed by atoms with Crippen LogP contribution >= 0.6 is 45.5 Å². The number of hydrogen-bond acceptors (Lipinski definition) is 2. The lowest BCUT2D eigenvalue weighted by molar-refractivity contribution is 0.103. The van der Waals surface area contributed by atoms with E-state index in [1.165, 1.54) is 11.3 Å². The number of amides is 1. The molecule has 0 fully saturated rings. The van der Waals surface area contributed by atoms with Crippen molar-refractivity contribution < 1.29 is 4.79 Å². The summed E-state index contributed by atoms with van der Waals surface area (Å²) in [6.07, 6.45) is 0. The molecule has 1 amide bonds. The summed E-state index contributed by atoms with van der Waals surface area (Å²) >= 11 is 9.42. The van der Waals surface area contributed by atoms with Crippen molar-refractivity contribution in [1.82, 2.24) is 0 Å². The van der Waals surface area contributed by atoms with E-state index in [4.69, 9.17) is 11.6 Å². The van der Waals surface area contributed by atoms with Crippen molar-refractivity contribution in [3.8, 4) is 0 Å². The number of thiophene rings is 1.